The van der Waals surface area contributed by atoms with Crippen LogP contribution in [0.25, 0.3) is 0 Å². The van der Waals surface area contributed by atoms with Crippen LogP contribution >= 0.6 is 0 Å². The number of carbonyl (C=O) groups excluding carboxylic acids is 2. The Morgan fingerprint density at radius 3 is 2.17 bits per heavy atom. The number of carbonyl (C=O) groups is 2. The summed E-state index contributed by atoms with van der Waals surface area (Å²) >= 11 is 0. The van der Waals surface area contributed by atoms with Gasteiger partial charge in [0.1, 0.15) is 0 Å². The van der Waals surface area contributed by atoms with Crippen LogP contribution in [0.15, 0.2) is 30.3 Å². The van der Waals surface area contributed by atoms with E-state index in [-0.39, 0.29) is 11.8 Å². The summed E-state index contributed by atoms with van der Waals surface area (Å²) in [6.07, 6.45) is 0.342. The highest BCUT2D eigenvalue weighted by Crippen LogP contribution is 2.15. The van der Waals surface area contributed by atoms with Crippen LogP contribution in [0.4, 0.5) is 0 Å². The van der Waals surface area contributed by atoms with Gasteiger partial charge in [0.05, 0.1) is 5.54 Å². The molecule has 0 radical (unpaired) electrons. The maximum Gasteiger partial charge on any atom is 0.272 e. The number of hydrazine groups is 1. The Balaban J connectivity index is 2.97. The fourth-order valence-corrected chi connectivity index (χ4v) is 1.44. The first-order valence-corrected chi connectivity index (χ1v) is 6.05. The third-order valence-electron chi connectivity index (χ3n) is 2.45. The molecule has 0 aliphatic heterocycles. The van der Waals surface area contributed by atoms with E-state index in [0.29, 0.717) is 12.0 Å². The molecule has 0 fully saturated rings. The van der Waals surface area contributed by atoms with E-state index >= 15 is 0 Å². The minimum absolute atomic E-state index is 0.172. The van der Waals surface area contributed by atoms with Crippen molar-refractivity contribution in [3.05, 3.63) is 35.9 Å². The lowest BCUT2D eigenvalue weighted by atomic mass is 10.1. The molecule has 0 unspecified atom stereocenters. The van der Waals surface area contributed by atoms with Gasteiger partial charge in [0, 0.05) is 12.0 Å². The Labute approximate surface area is 108 Å². The van der Waals surface area contributed by atoms with Gasteiger partial charge in [-0.1, -0.05) is 25.1 Å². The van der Waals surface area contributed by atoms with Gasteiger partial charge in [-0.2, -0.15) is 0 Å². The Kier molecular flexibility index (Phi) is 4.48. The molecule has 98 valence electrons. The molecule has 0 aromatic heterocycles. The molecule has 0 bridgehead atoms. The van der Waals surface area contributed by atoms with Crippen LogP contribution in [0.5, 0.6) is 0 Å². The number of benzene rings is 1. The van der Waals surface area contributed by atoms with Gasteiger partial charge >= 0.3 is 0 Å². The summed E-state index contributed by atoms with van der Waals surface area (Å²) in [5, 5.41) is 1.38. The van der Waals surface area contributed by atoms with Gasteiger partial charge in [-0.25, -0.2) is 5.01 Å². The first kappa shape index (κ1) is 14.2. The van der Waals surface area contributed by atoms with Crippen molar-refractivity contribution in [2.24, 2.45) is 0 Å². The summed E-state index contributed by atoms with van der Waals surface area (Å²) in [6.45, 7) is 7.39. The lowest BCUT2D eigenvalue weighted by Crippen LogP contribution is -2.55. The Bertz CT molecular complexity index is 421. The number of hydrogen-bond acceptors (Lipinski definition) is 2. The minimum Gasteiger partial charge on any atom is -0.273 e. The second-order valence-corrected chi connectivity index (χ2v) is 5.07. The van der Waals surface area contributed by atoms with Crippen LogP contribution in [0.1, 0.15) is 44.5 Å². The molecule has 0 aliphatic rings. The van der Waals surface area contributed by atoms with Gasteiger partial charge in [0.15, 0.2) is 0 Å². The molecular weight excluding hydrogens is 228 g/mol. The quantitative estimate of drug-likeness (QED) is 0.817. The Hall–Kier alpha value is -1.84. The van der Waals surface area contributed by atoms with Crippen molar-refractivity contribution in [3.63, 3.8) is 0 Å². The Morgan fingerprint density at radius 2 is 1.72 bits per heavy atom. The fraction of sp³-hybridized carbons (Fsp3) is 0.429. The van der Waals surface area contributed by atoms with Crippen LogP contribution in [0.2, 0.25) is 0 Å². The largest absolute Gasteiger partial charge is 0.273 e. The van der Waals surface area contributed by atoms with E-state index in [0.717, 1.165) is 0 Å². The summed E-state index contributed by atoms with van der Waals surface area (Å²) in [7, 11) is 0. The number of hydrogen-bond donors (Lipinski definition) is 1. The average molecular weight is 248 g/mol. The van der Waals surface area contributed by atoms with Crippen LogP contribution in [0, 0.1) is 0 Å². The van der Waals surface area contributed by atoms with E-state index < -0.39 is 5.54 Å². The number of nitrogens with one attached hydrogen (secondary N) is 1. The molecule has 1 aromatic carbocycles. The maximum absolute atomic E-state index is 12.4. The van der Waals surface area contributed by atoms with Crippen LogP contribution in [-0.4, -0.2) is 22.4 Å². The molecule has 0 saturated carbocycles. The van der Waals surface area contributed by atoms with Crippen LogP contribution in [0.3, 0.4) is 0 Å². The highest BCUT2D eigenvalue weighted by molar-refractivity contribution is 5.95. The van der Waals surface area contributed by atoms with Crippen molar-refractivity contribution >= 4 is 11.8 Å². The van der Waals surface area contributed by atoms with Gasteiger partial charge in [0.2, 0.25) is 5.91 Å². The van der Waals surface area contributed by atoms with E-state index in [9.17, 15) is 9.59 Å². The number of amides is 2. The molecule has 2 amide bonds. The topological polar surface area (TPSA) is 49.4 Å². The summed E-state index contributed by atoms with van der Waals surface area (Å²) in [6, 6.07) is 8.92. The van der Waals surface area contributed by atoms with Crippen LogP contribution < -0.4 is 5.43 Å². The zero-order chi connectivity index (χ0) is 13.8. The minimum atomic E-state index is -0.474. The van der Waals surface area contributed by atoms with Gasteiger partial charge < -0.3 is 0 Å². The van der Waals surface area contributed by atoms with E-state index in [1.807, 2.05) is 26.8 Å². The fourth-order valence-electron chi connectivity index (χ4n) is 1.44. The normalized spacial score (nSPS) is 10.9. The molecule has 0 saturated heterocycles. The lowest BCUT2D eigenvalue weighted by Gasteiger charge is -2.35. The maximum atomic E-state index is 12.4. The highest BCUT2D eigenvalue weighted by atomic mass is 16.2. The van der Waals surface area contributed by atoms with Gasteiger partial charge in [-0.15, -0.1) is 0 Å². The van der Waals surface area contributed by atoms with Crippen molar-refractivity contribution < 1.29 is 9.59 Å². The van der Waals surface area contributed by atoms with Gasteiger partial charge in [0.25, 0.3) is 5.91 Å². The average Bonchev–Trinajstić information content (AvgIpc) is 2.34. The predicted octanol–water partition coefficient (Wildman–Crippen LogP) is 2.37. The second-order valence-electron chi connectivity index (χ2n) is 5.07. The molecule has 1 rings (SSSR count). The number of rotatable bonds is 2. The monoisotopic (exact) mass is 248 g/mol. The SMILES string of the molecule is CCC(=O)NN(C(=O)c1ccccc1)C(C)(C)C. The zero-order valence-corrected chi connectivity index (χ0v) is 11.4. The first-order valence-electron chi connectivity index (χ1n) is 6.05. The third-order valence-corrected chi connectivity index (χ3v) is 2.45. The van der Waals surface area contributed by atoms with Crippen molar-refractivity contribution in [1.82, 2.24) is 10.4 Å². The molecular formula is C14H20N2O2. The van der Waals surface area contributed by atoms with Gasteiger partial charge in [-0.05, 0) is 32.9 Å². The highest BCUT2D eigenvalue weighted by Gasteiger charge is 2.28. The first-order chi connectivity index (χ1) is 8.36. The molecule has 4 heteroatoms. The summed E-state index contributed by atoms with van der Waals surface area (Å²) < 4.78 is 0. The molecule has 18 heavy (non-hydrogen) atoms. The van der Waals surface area contributed by atoms with Crippen molar-refractivity contribution in [1.29, 1.82) is 0 Å². The smallest absolute Gasteiger partial charge is 0.272 e. The van der Waals surface area contributed by atoms with E-state index in [1.54, 1.807) is 31.2 Å². The molecule has 4 nitrogen and oxygen atoms in total. The van der Waals surface area contributed by atoms with Crippen molar-refractivity contribution in [3.8, 4) is 0 Å². The Morgan fingerprint density at radius 1 is 1.17 bits per heavy atom. The second kappa shape index (κ2) is 5.67. The van der Waals surface area contributed by atoms with Gasteiger partial charge in [-0.3, -0.25) is 15.0 Å². The third kappa shape index (κ3) is 3.58. The van der Waals surface area contributed by atoms with Crippen molar-refractivity contribution in [2.75, 3.05) is 0 Å². The standard InChI is InChI=1S/C14H20N2O2/c1-5-12(17)15-16(14(2,3)4)13(18)11-9-7-6-8-10-11/h6-10H,5H2,1-4H3,(H,15,17). The van der Waals surface area contributed by atoms with Crippen molar-refractivity contribution in [2.45, 2.75) is 39.7 Å². The molecule has 0 aliphatic carbocycles. The zero-order valence-electron chi connectivity index (χ0n) is 11.4. The molecule has 0 heterocycles. The van der Waals surface area contributed by atoms with E-state index in [4.69, 9.17) is 0 Å². The summed E-state index contributed by atoms with van der Waals surface area (Å²) in [5.74, 6) is -0.376. The van der Waals surface area contributed by atoms with Crippen LogP contribution in [-0.2, 0) is 4.79 Å². The summed E-state index contributed by atoms with van der Waals surface area (Å²) in [5.41, 5.74) is 2.73. The molecule has 0 spiro atoms. The molecule has 1 aromatic rings. The van der Waals surface area contributed by atoms with E-state index in [1.165, 1.54) is 5.01 Å². The predicted molar refractivity (Wildman–Crippen MR) is 70.8 cm³/mol. The van der Waals surface area contributed by atoms with E-state index in [2.05, 4.69) is 5.43 Å². The molecule has 0 atom stereocenters. The molecule has 1 N–H and O–H groups in total. The summed E-state index contributed by atoms with van der Waals surface area (Å²) in [4.78, 5) is 23.9. The lowest BCUT2D eigenvalue weighted by molar-refractivity contribution is -0.126. The number of nitrogens with zero attached hydrogens (tertiary/aromatic N) is 1.